The summed E-state index contributed by atoms with van der Waals surface area (Å²) in [5.41, 5.74) is 5.62. The second-order valence-corrected chi connectivity index (χ2v) is 5.66. The van der Waals surface area contributed by atoms with Crippen LogP contribution in [0.2, 0.25) is 0 Å². The molecule has 11 heteroatoms. The summed E-state index contributed by atoms with van der Waals surface area (Å²) in [5.74, 6) is -3.54. The highest BCUT2D eigenvalue weighted by Crippen LogP contribution is 2.29. The molecule has 1 aliphatic heterocycles. The molecule has 1 aromatic heterocycles. The number of amides is 1. The van der Waals surface area contributed by atoms with Crippen molar-refractivity contribution >= 4 is 23.9 Å². The molecule has 0 spiro atoms. The maximum atomic E-state index is 14.1. The Morgan fingerprint density at radius 2 is 2.04 bits per heavy atom. The molecule has 144 valence electrons. The fourth-order valence-electron chi connectivity index (χ4n) is 2.55. The molecule has 1 amide bonds. The number of nitrogens with one attached hydrogen (secondary N) is 3. The van der Waals surface area contributed by atoms with Crippen LogP contribution in [0.5, 0.6) is 0 Å². The van der Waals surface area contributed by atoms with Crippen molar-refractivity contribution in [2.45, 2.75) is 6.54 Å². The Morgan fingerprint density at radius 3 is 2.68 bits per heavy atom. The monoisotopic (exact) mass is 389 g/mol. The quantitative estimate of drug-likeness (QED) is 0.403. The number of halogens is 2. The summed E-state index contributed by atoms with van der Waals surface area (Å²) in [7, 11) is 0. The van der Waals surface area contributed by atoms with Crippen molar-refractivity contribution in [2.24, 2.45) is 5.73 Å². The highest BCUT2D eigenvalue weighted by molar-refractivity contribution is 6.03. The van der Waals surface area contributed by atoms with Crippen molar-refractivity contribution < 1.29 is 28.5 Å². The van der Waals surface area contributed by atoms with E-state index in [2.05, 4.69) is 25.6 Å². The van der Waals surface area contributed by atoms with Crippen LogP contribution in [-0.2, 0) is 11.3 Å². The van der Waals surface area contributed by atoms with E-state index >= 15 is 0 Å². The molecular weight excluding hydrogens is 374 g/mol. The maximum Gasteiger partial charge on any atom is 0.369 e. The summed E-state index contributed by atoms with van der Waals surface area (Å²) in [5, 5.41) is 14.0. The van der Waals surface area contributed by atoms with Crippen LogP contribution in [-0.4, -0.2) is 39.7 Å². The van der Waals surface area contributed by atoms with Gasteiger partial charge in [-0.3, -0.25) is 4.79 Å². The first-order valence-electron chi connectivity index (χ1n) is 8.01. The van der Waals surface area contributed by atoms with Gasteiger partial charge < -0.3 is 21.5 Å². The Balaban J connectivity index is 2.05. The normalized spacial score (nSPS) is 13.5. The van der Waals surface area contributed by atoms with Gasteiger partial charge in [-0.25, -0.2) is 28.5 Å². The fraction of sp³-hybridized carbons (Fsp3) is 0.118. The molecule has 0 aliphatic carbocycles. The third-order valence-electron chi connectivity index (χ3n) is 3.77. The van der Waals surface area contributed by atoms with Crippen molar-refractivity contribution in [3.8, 4) is 11.4 Å². The van der Waals surface area contributed by atoms with Gasteiger partial charge in [0.05, 0.1) is 17.8 Å². The molecule has 1 aromatic carbocycles. The summed E-state index contributed by atoms with van der Waals surface area (Å²) in [6.45, 7) is -0.301. The van der Waals surface area contributed by atoms with E-state index in [9.17, 15) is 18.4 Å². The summed E-state index contributed by atoms with van der Waals surface area (Å²) in [6, 6.07) is 3.35. The largest absolute Gasteiger partial charge is 0.477 e. The number of aliphatic carboxylic acids is 1. The lowest BCUT2D eigenvalue weighted by Crippen LogP contribution is -2.71. The molecule has 0 atom stereocenters. The number of allylic oxidation sites excluding steroid dienone is 1. The standard InChI is InChI=1S/C17H14F2N6O3/c18-9-2-1-3-10(19)13(9)15-24-11-6-22-17(28)14(11)16(25-15)23-8(4-20)5-21-7-12(26)27/h1-5H,6-7,20H2,(H,22,28)(H,26,27)(H,23,24,25)/p+1. The summed E-state index contributed by atoms with van der Waals surface area (Å²) in [4.78, 5) is 33.4. The number of benzene rings is 1. The third kappa shape index (κ3) is 3.77. The Hall–Kier alpha value is -3.89. The number of hydrogen-bond donors (Lipinski definition) is 5. The van der Waals surface area contributed by atoms with Crippen LogP contribution in [0.25, 0.3) is 11.4 Å². The first-order chi connectivity index (χ1) is 13.4. The number of fused-ring (bicyclic) bond motifs is 1. The van der Waals surface area contributed by atoms with Crippen LogP contribution in [0.4, 0.5) is 14.6 Å². The van der Waals surface area contributed by atoms with Crippen molar-refractivity contribution in [2.75, 3.05) is 11.9 Å². The van der Waals surface area contributed by atoms with E-state index in [1.54, 1.807) is 0 Å². The number of hydrogen-bond acceptors (Lipinski definition) is 6. The molecule has 2 heterocycles. The number of rotatable bonds is 6. The van der Waals surface area contributed by atoms with Crippen LogP contribution in [0.1, 0.15) is 16.1 Å². The minimum absolute atomic E-state index is 0.0253. The van der Waals surface area contributed by atoms with Crippen molar-refractivity contribution in [3.05, 3.63) is 53.0 Å². The van der Waals surface area contributed by atoms with Crippen LogP contribution in [0.3, 0.4) is 0 Å². The second kappa shape index (κ2) is 7.78. The van der Waals surface area contributed by atoms with Crippen molar-refractivity contribution in [1.82, 2.24) is 15.3 Å². The number of nitrogens with zero attached hydrogens (tertiary/aromatic N) is 2. The summed E-state index contributed by atoms with van der Waals surface area (Å²) in [6.07, 6.45) is 2.37. The number of carboxylic acids is 1. The highest BCUT2D eigenvalue weighted by Gasteiger charge is 2.28. The van der Waals surface area contributed by atoms with Crippen LogP contribution < -0.4 is 21.4 Å². The zero-order valence-electron chi connectivity index (χ0n) is 14.3. The topological polar surface area (TPSA) is 144 Å². The number of anilines is 1. The Labute approximate surface area is 157 Å². The minimum Gasteiger partial charge on any atom is -0.477 e. The molecule has 0 saturated carbocycles. The predicted molar refractivity (Wildman–Crippen MR) is 94.0 cm³/mol. The van der Waals surface area contributed by atoms with E-state index in [4.69, 9.17) is 10.8 Å². The third-order valence-corrected chi connectivity index (χ3v) is 3.77. The molecule has 0 bridgehead atoms. The second-order valence-electron chi connectivity index (χ2n) is 5.66. The molecule has 0 unspecified atom stereocenters. The molecule has 9 nitrogen and oxygen atoms in total. The molecular formula is C17H15F2N6O3+. The van der Waals surface area contributed by atoms with E-state index < -0.39 is 29.1 Å². The first-order valence-corrected chi connectivity index (χ1v) is 8.01. The van der Waals surface area contributed by atoms with Crippen molar-refractivity contribution in [3.63, 3.8) is 0 Å². The van der Waals surface area contributed by atoms with Crippen LogP contribution >= 0.6 is 0 Å². The van der Waals surface area contributed by atoms with Gasteiger partial charge in [0.25, 0.3) is 5.91 Å². The Morgan fingerprint density at radius 1 is 1.32 bits per heavy atom. The van der Waals surface area contributed by atoms with Gasteiger partial charge in [0.15, 0.2) is 12.0 Å². The highest BCUT2D eigenvalue weighted by atomic mass is 19.1. The van der Waals surface area contributed by atoms with E-state index in [-0.39, 0.29) is 41.7 Å². The Kier molecular flexibility index (Phi) is 5.25. The SMILES string of the molecule is NC=C(C=[NH+]CC(=O)O)Nc1nc(-c2c(F)cccc2F)nc2c1C(=O)NC2. The lowest BCUT2D eigenvalue weighted by molar-refractivity contribution is -0.440. The molecule has 3 rings (SSSR count). The number of carboxylic acid groups (broad SMARTS) is 1. The van der Waals surface area contributed by atoms with Gasteiger partial charge in [0.2, 0.25) is 6.54 Å². The Bertz CT molecular complexity index is 1000. The lowest BCUT2D eigenvalue weighted by atomic mass is 10.1. The van der Waals surface area contributed by atoms with E-state index in [1.807, 2.05) is 0 Å². The molecule has 0 radical (unpaired) electrons. The van der Waals surface area contributed by atoms with Gasteiger partial charge in [-0.15, -0.1) is 0 Å². The zero-order valence-corrected chi connectivity index (χ0v) is 14.3. The van der Waals surface area contributed by atoms with E-state index in [0.29, 0.717) is 0 Å². The van der Waals surface area contributed by atoms with Gasteiger partial charge in [0.1, 0.15) is 28.7 Å². The molecule has 0 fully saturated rings. The molecule has 1 aliphatic rings. The van der Waals surface area contributed by atoms with E-state index in [1.165, 1.54) is 12.3 Å². The van der Waals surface area contributed by atoms with Gasteiger partial charge in [-0.2, -0.15) is 0 Å². The molecule has 2 aromatic rings. The molecule has 0 saturated heterocycles. The number of nitrogens with two attached hydrogens (primary N) is 1. The number of carbonyl (C=O) groups is 2. The predicted octanol–water partition coefficient (Wildman–Crippen LogP) is -0.887. The summed E-state index contributed by atoms with van der Waals surface area (Å²) >= 11 is 0. The van der Waals surface area contributed by atoms with Gasteiger partial charge in [-0.05, 0) is 12.1 Å². The van der Waals surface area contributed by atoms with Gasteiger partial charge >= 0.3 is 5.97 Å². The zero-order chi connectivity index (χ0) is 20.3. The molecule has 28 heavy (non-hydrogen) atoms. The fourth-order valence-corrected chi connectivity index (χ4v) is 2.55. The van der Waals surface area contributed by atoms with Crippen LogP contribution in [0, 0.1) is 11.6 Å². The van der Waals surface area contributed by atoms with Gasteiger partial charge in [-0.1, -0.05) is 6.07 Å². The van der Waals surface area contributed by atoms with Crippen molar-refractivity contribution in [1.29, 1.82) is 0 Å². The lowest BCUT2D eigenvalue weighted by Gasteiger charge is -2.11. The first kappa shape index (κ1) is 18.9. The minimum atomic E-state index is -1.09. The average Bonchev–Trinajstić information content (AvgIpc) is 3.01. The molecule has 6 N–H and O–H groups in total. The number of carbonyl (C=O) groups excluding carboxylic acids is 1. The average molecular weight is 389 g/mol. The van der Waals surface area contributed by atoms with E-state index in [0.717, 1.165) is 18.3 Å². The van der Waals surface area contributed by atoms with Gasteiger partial charge in [0, 0.05) is 6.20 Å². The maximum absolute atomic E-state index is 14.1. The number of aromatic nitrogens is 2. The summed E-state index contributed by atoms with van der Waals surface area (Å²) < 4.78 is 28.3. The smallest absolute Gasteiger partial charge is 0.369 e. The van der Waals surface area contributed by atoms with Crippen LogP contribution in [0.15, 0.2) is 30.1 Å².